The summed E-state index contributed by atoms with van der Waals surface area (Å²) >= 11 is 0. The van der Waals surface area contributed by atoms with Gasteiger partial charge >= 0.3 is 0 Å². The van der Waals surface area contributed by atoms with Crippen molar-refractivity contribution in [3.05, 3.63) is 58.7 Å². The van der Waals surface area contributed by atoms with E-state index >= 15 is 0 Å². The minimum atomic E-state index is -1.77. The van der Waals surface area contributed by atoms with E-state index in [-0.39, 0.29) is 18.5 Å². The van der Waals surface area contributed by atoms with E-state index in [0.717, 1.165) is 5.56 Å². The molecule has 2 aromatic carbocycles. The number of amides is 2. The van der Waals surface area contributed by atoms with Crippen LogP contribution >= 0.6 is 0 Å². The van der Waals surface area contributed by atoms with Crippen LogP contribution in [0.15, 0.2) is 24.3 Å². The van der Waals surface area contributed by atoms with E-state index in [1.807, 2.05) is 13.0 Å². The average molecular weight is 496 g/mol. The fourth-order valence-corrected chi connectivity index (χ4v) is 3.75. The Bertz CT molecular complexity index is 1120. The molecule has 0 unspecified atom stereocenters. The molecule has 0 bridgehead atoms. The van der Waals surface area contributed by atoms with Gasteiger partial charge in [-0.15, -0.1) is 0 Å². The fraction of sp³-hybridized carbons (Fsp3) is 0.375. The predicted octanol–water partition coefficient (Wildman–Crippen LogP) is 3.18. The number of rotatable bonds is 8. The van der Waals surface area contributed by atoms with Crippen molar-refractivity contribution in [2.75, 3.05) is 33.4 Å². The summed E-state index contributed by atoms with van der Waals surface area (Å²) in [5, 5.41) is 2.40. The molecule has 1 N–H and O–H groups in total. The number of Topliss-reactive ketones (excluding diaryl/α,β-unsaturated/α-hetero) is 1. The third-order valence-electron chi connectivity index (χ3n) is 5.57. The molecule has 2 amide bonds. The van der Waals surface area contributed by atoms with Crippen molar-refractivity contribution >= 4 is 17.6 Å². The maximum atomic E-state index is 13.6. The Balaban J connectivity index is 1.55. The van der Waals surface area contributed by atoms with Gasteiger partial charge in [0.1, 0.15) is 12.4 Å². The van der Waals surface area contributed by atoms with Crippen molar-refractivity contribution in [2.45, 2.75) is 19.8 Å². The molecule has 2 aromatic rings. The van der Waals surface area contributed by atoms with Gasteiger partial charge < -0.3 is 19.7 Å². The standard InChI is InChI=1S/C24H24F4N2O5/c1-13-5-6-19(34-2)16(8-13)24(33)30-7-3-4-14(11-30)23(32)29-10-15(31)12-35-22-20(27)17(25)9-18(26)21(22)28/h5-6,8-9,14H,3-4,7,10-12H2,1-2H3,(H,29,32)/t14-/m0/s1. The third-order valence-corrected chi connectivity index (χ3v) is 5.57. The maximum absolute atomic E-state index is 13.6. The van der Waals surface area contributed by atoms with Gasteiger partial charge in [0, 0.05) is 19.2 Å². The Morgan fingerprint density at radius 3 is 2.43 bits per heavy atom. The summed E-state index contributed by atoms with van der Waals surface area (Å²) in [6.07, 6.45) is 1.06. The van der Waals surface area contributed by atoms with E-state index < -0.39 is 59.8 Å². The van der Waals surface area contributed by atoms with Crippen LogP contribution in [-0.2, 0) is 9.59 Å². The quantitative estimate of drug-likeness (QED) is 0.448. The predicted molar refractivity (Wildman–Crippen MR) is 116 cm³/mol. The number of nitrogens with one attached hydrogen (secondary N) is 1. The first kappa shape index (κ1) is 26.0. The number of methoxy groups -OCH3 is 1. The van der Waals surface area contributed by atoms with Gasteiger partial charge in [-0.3, -0.25) is 14.4 Å². The van der Waals surface area contributed by atoms with Crippen molar-refractivity contribution in [3.8, 4) is 11.5 Å². The summed E-state index contributed by atoms with van der Waals surface area (Å²) in [6.45, 7) is 0.978. The summed E-state index contributed by atoms with van der Waals surface area (Å²) in [5.74, 6) is -9.92. The van der Waals surface area contributed by atoms with E-state index in [0.29, 0.717) is 30.7 Å². The Labute approximate surface area is 199 Å². The molecule has 188 valence electrons. The van der Waals surface area contributed by atoms with Gasteiger partial charge in [0.05, 0.1) is 25.1 Å². The summed E-state index contributed by atoms with van der Waals surface area (Å²) in [6, 6.07) is 5.24. The lowest BCUT2D eigenvalue weighted by atomic mass is 9.96. The number of piperidine rings is 1. The third kappa shape index (κ3) is 6.09. The molecule has 0 aliphatic carbocycles. The van der Waals surface area contributed by atoms with E-state index in [4.69, 9.17) is 4.74 Å². The molecule has 1 fully saturated rings. The number of carbonyl (C=O) groups is 3. The molecule has 35 heavy (non-hydrogen) atoms. The molecule has 1 atom stereocenters. The van der Waals surface area contributed by atoms with Crippen LogP contribution < -0.4 is 14.8 Å². The molecular formula is C24H24F4N2O5. The minimum absolute atomic E-state index is 0.0206. The molecule has 1 aliphatic heterocycles. The number of benzene rings is 2. The highest BCUT2D eigenvalue weighted by Gasteiger charge is 2.30. The van der Waals surface area contributed by atoms with Crippen LogP contribution in [0.3, 0.4) is 0 Å². The lowest BCUT2D eigenvalue weighted by Gasteiger charge is -2.32. The zero-order valence-corrected chi connectivity index (χ0v) is 19.1. The highest BCUT2D eigenvalue weighted by molar-refractivity contribution is 5.97. The number of nitrogens with zero attached hydrogens (tertiary/aromatic N) is 1. The smallest absolute Gasteiger partial charge is 0.257 e. The van der Waals surface area contributed by atoms with Gasteiger partial charge in [-0.05, 0) is 31.9 Å². The van der Waals surface area contributed by atoms with Gasteiger partial charge in [-0.2, -0.15) is 8.78 Å². The fourth-order valence-electron chi connectivity index (χ4n) is 3.75. The van der Waals surface area contributed by atoms with E-state index in [9.17, 15) is 31.9 Å². The largest absolute Gasteiger partial charge is 0.496 e. The summed E-state index contributed by atoms with van der Waals surface area (Å²) in [7, 11) is 1.46. The number of hydrogen-bond acceptors (Lipinski definition) is 5. The summed E-state index contributed by atoms with van der Waals surface area (Å²) < 4.78 is 63.6. The first-order valence-corrected chi connectivity index (χ1v) is 10.8. The number of carbonyl (C=O) groups excluding carboxylic acids is 3. The SMILES string of the molecule is COc1ccc(C)cc1C(=O)N1CCC[C@H](C(=O)NCC(=O)COc2c(F)c(F)cc(F)c2F)C1. The molecule has 0 spiro atoms. The maximum Gasteiger partial charge on any atom is 0.257 e. The van der Waals surface area contributed by atoms with Crippen molar-refractivity contribution < 1.29 is 41.4 Å². The van der Waals surface area contributed by atoms with Crippen LogP contribution in [0.2, 0.25) is 0 Å². The lowest BCUT2D eigenvalue weighted by molar-refractivity contribution is -0.129. The van der Waals surface area contributed by atoms with Gasteiger partial charge in [-0.25, -0.2) is 8.78 Å². The molecule has 1 heterocycles. The molecule has 0 saturated carbocycles. The second-order valence-corrected chi connectivity index (χ2v) is 8.14. The minimum Gasteiger partial charge on any atom is -0.496 e. The molecule has 1 aliphatic rings. The number of likely N-dealkylation sites (tertiary alicyclic amines) is 1. The van der Waals surface area contributed by atoms with E-state index in [1.165, 1.54) is 7.11 Å². The van der Waals surface area contributed by atoms with Crippen LogP contribution in [0.25, 0.3) is 0 Å². The second kappa shape index (κ2) is 11.2. The number of ketones is 1. The van der Waals surface area contributed by atoms with Gasteiger partial charge in [0.25, 0.3) is 5.91 Å². The van der Waals surface area contributed by atoms with Crippen LogP contribution in [0.1, 0.15) is 28.8 Å². The number of halogens is 4. The molecule has 3 rings (SSSR count). The number of aryl methyl sites for hydroxylation is 1. The normalized spacial score (nSPS) is 15.5. The molecule has 0 aromatic heterocycles. The zero-order chi connectivity index (χ0) is 25.7. The van der Waals surface area contributed by atoms with Crippen molar-refractivity contribution in [2.24, 2.45) is 5.92 Å². The lowest BCUT2D eigenvalue weighted by Crippen LogP contribution is -2.46. The van der Waals surface area contributed by atoms with Crippen molar-refractivity contribution in [3.63, 3.8) is 0 Å². The second-order valence-electron chi connectivity index (χ2n) is 8.14. The Hall–Kier alpha value is -3.63. The van der Waals surface area contributed by atoms with Crippen molar-refractivity contribution in [1.82, 2.24) is 10.2 Å². The van der Waals surface area contributed by atoms with Gasteiger partial charge in [0.15, 0.2) is 23.2 Å². The highest BCUT2D eigenvalue weighted by atomic mass is 19.2. The van der Waals surface area contributed by atoms with Gasteiger partial charge in [0.2, 0.25) is 17.5 Å². The van der Waals surface area contributed by atoms with Crippen molar-refractivity contribution in [1.29, 1.82) is 0 Å². The van der Waals surface area contributed by atoms with Crippen LogP contribution in [-0.4, -0.2) is 55.8 Å². The molecule has 11 heteroatoms. The van der Waals surface area contributed by atoms with E-state index in [2.05, 4.69) is 10.1 Å². The Morgan fingerprint density at radius 2 is 1.77 bits per heavy atom. The number of ether oxygens (including phenoxy) is 2. The first-order valence-electron chi connectivity index (χ1n) is 10.8. The summed E-state index contributed by atoms with van der Waals surface area (Å²) in [4.78, 5) is 39.1. The topological polar surface area (TPSA) is 84.9 Å². The Morgan fingerprint density at radius 1 is 1.09 bits per heavy atom. The van der Waals surface area contributed by atoms with Crippen LogP contribution in [0, 0.1) is 36.1 Å². The number of hydrogen-bond donors (Lipinski definition) is 1. The molecular weight excluding hydrogens is 472 g/mol. The molecule has 7 nitrogen and oxygen atoms in total. The Kier molecular flexibility index (Phi) is 8.31. The molecule has 1 saturated heterocycles. The van der Waals surface area contributed by atoms with Gasteiger partial charge in [-0.1, -0.05) is 11.6 Å². The average Bonchev–Trinajstić information content (AvgIpc) is 2.85. The van der Waals surface area contributed by atoms with Crippen LogP contribution in [0.4, 0.5) is 17.6 Å². The monoisotopic (exact) mass is 496 g/mol. The first-order chi connectivity index (χ1) is 16.6. The zero-order valence-electron chi connectivity index (χ0n) is 19.1. The summed E-state index contributed by atoms with van der Waals surface area (Å²) in [5.41, 5.74) is 1.26. The highest BCUT2D eigenvalue weighted by Crippen LogP contribution is 2.27. The molecule has 0 radical (unpaired) electrons. The van der Waals surface area contributed by atoms with E-state index in [1.54, 1.807) is 17.0 Å². The van der Waals surface area contributed by atoms with Crippen LogP contribution in [0.5, 0.6) is 11.5 Å².